The van der Waals surface area contributed by atoms with Gasteiger partial charge < -0.3 is 10.2 Å². The van der Waals surface area contributed by atoms with Gasteiger partial charge in [0.25, 0.3) is 0 Å². The Kier molecular flexibility index (Phi) is 5.37. The topological polar surface area (TPSA) is 28.2 Å². The SMILES string of the molecule is CC(C)(C)c1ncc(CNCCCN2CCCC2)s1. The van der Waals surface area contributed by atoms with Crippen molar-refractivity contribution in [3.63, 3.8) is 0 Å². The Labute approximate surface area is 121 Å². The van der Waals surface area contributed by atoms with E-state index in [1.807, 2.05) is 17.5 Å². The molecule has 0 saturated carbocycles. The van der Waals surface area contributed by atoms with Gasteiger partial charge in [0.05, 0.1) is 5.01 Å². The summed E-state index contributed by atoms with van der Waals surface area (Å²) >= 11 is 1.84. The number of hydrogen-bond acceptors (Lipinski definition) is 4. The highest BCUT2D eigenvalue weighted by Gasteiger charge is 2.17. The van der Waals surface area contributed by atoms with E-state index in [9.17, 15) is 0 Å². The summed E-state index contributed by atoms with van der Waals surface area (Å²) in [7, 11) is 0. The second-order valence-electron chi connectivity index (χ2n) is 6.46. The second kappa shape index (κ2) is 6.82. The average Bonchev–Trinajstić information content (AvgIpc) is 2.97. The predicted octanol–water partition coefficient (Wildman–Crippen LogP) is 3.02. The number of likely N-dealkylation sites (tertiary alicyclic amines) is 1. The second-order valence-corrected chi connectivity index (χ2v) is 7.58. The van der Waals surface area contributed by atoms with Gasteiger partial charge in [-0.1, -0.05) is 20.8 Å². The molecule has 0 amide bonds. The fourth-order valence-electron chi connectivity index (χ4n) is 2.38. The molecule has 0 aromatic carbocycles. The van der Waals surface area contributed by atoms with E-state index < -0.39 is 0 Å². The van der Waals surface area contributed by atoms with E-state index in [4.69, 9.17) is 0 Å². The third-order valence-electron chi connectivity index (χ3n) is 3.52. The molecule has 1 aliphatic rings. The monoisotopic (exact) mass is 281 g/mol. The summed E-state index contributed by atoms with van der Waals surface area (Å²) in [5.74, 6) is 0. The van der Waals surface area contributed by atoms with Gasteiger partial charge in [-0.2, -0.15) is 0 Å². The number of hydrogen-bond donors (Lipinski definition) is 1. The Hall–Kier alpha value is -0.450. The zero-order chi connectivity index (χ0) is 13.7. The normalized spacial score (nSPS) is 17.2. The maximum atomic E-state index is 4.52. The van der Waals surface area contributed by atoms with Crippen molar-refractivity contribution in [1.82, 2.24) is 15.2 Å². The summed E-state index contributed by atoms with van der Waals surface area (Å²) in [5, 5.41) is 4.77. The molecule has 1 fully saturated rings. The molecule has 1 aromatic heterocycles. The molecule has 1 aliphatic heterocycles. The maximum absolute atomic E-state index is 4.52. The fourth-order valence-corrected chi connectivity index (χ4v) is 3.32. The van der Waals surface area contributed by atoms with Gasteiger partial charge in [0.1, 0.15) is 0 Å². The zero-order valence-electron chi connectivity index (χ0n) is 12.5. The van der Waals surface area contributed by atoms with Crippen LogP contribution in [0.3, 0.4) is 0 Å². The zero-order valence-corrected chi connectivity index (χ0v) is 13.4. The minimum atomic E-state index is 0.179. The van der Waals surface area contributed by atoms with Crippen molar-refractivity contribution in [1.29, 1.82) is 0 Å². The highest BCUT2D eigenvalue weighted by atomic mass is 32.1. The van der Waals surface area contributed by atoms with Crippen LogP contribution >= 0.6 is 11.3 Å². The van der Waals surface area contributed by atoms with Crippen LogP contribution in [0.15, 0.2) is 6.20 Å². The van der Waals surface area contributed by atoms with Crippen LogP contribution in [-0.2, 0) is 12.0 Å². The van der Waals surface area contributed by atoms with Crippen molar-refractivity contribution in [2.75, 3.05) is 26.2 Å². The van der Waals surface area contributed by atoms with Crippen LogP contribution in [0.1, 0.15) is 49.9 Å². The lowest BCUT2D eigenvalue weighted by molar-refractivity contribution is 0.331. The first-order valence-corrected chi connectivity index (χ1v) is 8.25. The van der Waals surface area contributed by atoms with Crippen molar-refractivity contribution >= 4 is 11.3 Å². The minimum absolute atomic E-state index is 0.179. The molecule has 2 rings (SSSR count). The van der Waals surface area contributed by atoms with Gasteiger partial charge in [0.15, 0.2) is 0 Å². The molecule has 1 N–H and O–H groups in total. The van der Waals surface area contributed by atoms with Gasteiger partial charge in [-0.3, -0.25) is 0 Å². The Balaban J connectivity index is 1.61. The van der Waals surface area contributed by atoms with Gasteiger partial charge in [-0.05, 0) is 45.4 Å². The molecule has 19 heavy (non-hydrogen) atoms. The number of thiazole rings is 1. The Bertz CT molecular complexity index is 375. The highest BCUT2D eigenvalue weighted by Crippen LogP contribution is 2.26. The van der Waals surface area contributed by atoms with Gasteiger partial charge in [0.2, 0.25) is 0 Å². The molecule has 0 atom stereocenters. The van der Waals surface area contributed by atoms with Crippen molar-refractivity contribution in [2.24, 2.45) is 0 Å². The van der Waals surface area contributed by atoms with Gasteiger partial charge in [-0.25, -0.2) is 4.98 Å². The van der Waals surface area contributed by atoms with E-state index in [1.54, 1.807) is 0 Å². The summed E-state index contributed by atoms with van der Waals surface area (Å²) < 4.78 is 0. The third-order valence-corrected chi connectivity index (χ3v) is 4.94. The maximum Gasteiger partial charge on any atom is 0.0981 e. The Morgan fingerprint density at radius 3 is 2.68 bits per heavy atom. The third kappa shape index (κ3) is 4.86. The fraction of sp³-hybridized carbons (Fsp3) is 0.800. The van der Waals surface area contributed by atoms with Crippen LogP contribution < -0.4 is 5.32 Å². The predicted molar refractivity (Wildman–Crippen MR) is 82.8 cm³/mol. The van der Waals surface area contributed by atoms with Gasteiger partial charge in [0, 0.05) is 23.0 Å². The Morgan fingerprint density at radius 1 is 1.32 bits per heavy atom. The van der Waals surface area contributed by atoms with Crippen molar-refractivity contribution in [3.8, 4) is 0 Å². The Morgan fingerprint density at radius 2 is 2.05 bits per heavy atom. The first-order chi connectivity index (χ1) is 9.05. The van der Waals surface area contributed by atoms with Crippen molar-refractivity contribution < 1.29 is 0 Å². The molecule has 4 heteroatoms. The van der Waals surface area contributed by atoms with E-state index in [0.29, 0.717) is 0 Å². The van der Waals surface area contributed by atoms with Crippen LogP contribution in [0, 0.1) is 0 Å². The van der Waals surface area contributed by atoms with Crippen LogP contribution in [0.25, 0.3) is 0 Å². The van der Waals surface area contributed by atoms with Crippen LogP contribution in [0.2, 0.25) is 0 Å². The lowest BCUT2D eigenvalue weighted by Crippen LogP contribution is -2.24. The number of aromatic nitrogens is 1. The summed E-state index contributed by atoms with van der Waals surface area (Å²) in [5.41, 5.74) is 0.179. The smallest absolute Gasteiger partial charge is 0.0981 e. The van der Waals surface area contributed by atoms with Gasteiger partial charge >= 0.3 is 0 Å². The van der Waals surface area contributed by atoms with Crippen molar-refractivity contribution in [2.45, 2.75) is 52.0 Å². The molecule has 3 nitrogen and oxygen atoms in total. The highest BCUT2D eigenvalue weighted by molar-refractivity contribution is 7.11. The van der Waals surface area contributed by atoms with Gasteiger partial charge in [-0.15, -0.1) is 11.3 Å². The number of rotatable bonds is 6. The van der Waals surface area contributed by atoms with E-state index in [0.717, 1.165) is 13.1 Å². The standard InChI is InChI=1S/C15H27N3S/c1-15(2,3)14-17-12-13(19-14)11-16-7-6-10-18-8-4-5-9-18/h12,16H,4-11H2,1-3H3. The van der Waals surface area contributed by atoms with E-state index in [2.05, 4.69) is 36.0 Å². The van der Waals surface area contributed by atoms with Crippen LogP contribution in [0.4, 0.5) is 0 Å². The van der Waals surface area contributed by atoms with Crippen molar-refractivity contribution in [3.05, 3.63) is 16.1 Å². The molecular weight excluding hydrogens is 254 g/mol. The molecule has 0 aliphatic carbocycles. The molecule has 1 aromatic rings. The molecular formula is C15H27N3S. The van der Waals surface area contributed by atoms with Crippen LogP contribution in [0.5, 0.6) is 0 Å². The summed E-state index contributed by atoms with van der Waals surface area (Å²) in [6.45, 7) is 12.6. The van der Waals surface area contributed by atoms with Crippen LogP contribution in [-0.4, -0.2) is 36.1 Å². The lowest BCUT2D eigenvalue weighted by Gasteiger charge is -2.14. The number of nitrogens with zero attached hydrogens (tertiary/aromatic N) is 2. The van der Waals surface area contributed by atoms with E-state index in [1.165, 1.54) is 48.8 Å². The quantitative estimate of drug-likeness (QED) is 0.813. The first-order valence-electron chi connectivity index (χ1n) is 7.44. The molecule has 0 unspecified atom stereocenters. The summed E-state index contributed by atoms with van der Waals surface area (Å²) in [4.78, 5) is 8.45. The average molecular weight is 281 g/mol. The molecule has 0 radical (unpaired) electrons. The molecule has 0 spiro atoms. The van der Waals surface area contributed by atoms with E-state index >= 15 is 0 Å². The number of nitrogens with one attached hydrogen (secondary N) is 1. The molecule has 108 valence electrons. The molecule has 0 bridgehead atoms. The molecule has 1 saturated heterocycles. The minimum Gasteiger partial charge on any atom is -0.312 e. The first kappa shape index (κ1) is 14.9. The molecule has 2 heterocycles. The largest absolute Gasteiger partial charge is 0.312 e. The lowest BCUT2D eigenvalue weighted by atomic mass is 9.98. The summed E-state index contributed by atoms with van der Waals surface area (Å²) in [6.07, 6.45) is 6.07. The van der Waals surface area contributed by atoms with E-state index in [-0.39, 0.29) is 5.41 Å². The summed E-state index contributed by atoms with van der Waals surface area (Å²) in [6, 6.07) is 0.